The Balaban J connectivity index is 1.90. The van der Waals surface area contributed by atoms with Crippen molar-refractivity contribution < 1.29 is 19.5 Å². The Hall–Kier alpha value is -2.41. The number of carbonyl (C=O) groups excluding carboxylic acids is 2. The summed E-state index contributed by atoms with van der Waals surface area (Å²) in [5, 5.41) is 9.15. The highest BCUT2D eigenvalue weighted by molar-refractivity contribution is 5.90. The lowest BCUT2D eigenvalue weighted by Crippen LogP contribution is -2.49. The quantitative estimate of drug-likeness (QED) is 0.798. The van der Waals surface area contributed by atoms with Gasteiger partial charge in [0.05, 0.1) is 12.6 Å². The molecule has 7 nitrogen and oxygen atoms in total. The number of urea groups is 1. The number of carboxylic acids is 1. The van der Waals surface area contributed by atoms with Gasteiger partial charge in [0.1, 0.15) is 6.04 Å². The summed E-state index contributed by atoms with van der Waals surface area (Å²) in [5.74, 6) is -1.26. The summed E-state index contributed by atoms with van der Waals surface area (Å²) in [7, 11) is 1.49. The Kier molecular flexibility index (Phi) is 5.92. The maximum atomic E-state index is 12.4. The average molecular weight is 333 g/mol. The number of rotatable bonds is 6. The molecule has 0 saturated carbocycles. The third kappa shape index (κ3) is 4.32. The smallest absolute Gasteiger partial charge is 0.326 e. The number of likely N-dealkylation sites (N-methyl/N-ethyl adjacent to an activating group) is 1. The van der Waals surface area contributed by atoms with Crippen LogP contribution in [0.2, 0.25) is 0 Å². The van der Waals surface area contributed by atoms with E-state index in [0.717, 1.165) is 5.56 Å². The Morgan fingerprint density at radius 3 is 2.62 bits per heavy atom. The lowest BCUT2D eigenvalue weighted by molar-refractivity contribution is -0.141. The molecule has 3 N–H and O–H groups in total. The van der Waals surface area contributed by atoms with Crippen LogP contribution < -0.4 is 5.73 Å². The first-order chi connectivity index (χ1) is 11.4. The molecule has 0 radical (unpaired) electrons. The highest BCUT2D eigenvalue weighted by Gasteiger charge is 2.35. The van der Waals surface area contributed by atoms with E-state index in [1.54, 1.807) is 0 Å². The number of hydrogen-bond donors (Lipinski definition) is 2. The second kappa shape index (κ2) is 7.92. The van der Waals surface area contributed by atoms with E-state index in [1.165, 1.54) is 16.8 Å². The molecule has 0 spiro atoms. The van der Waals surface area contributed by atoms with Crippen molar-refractivity contribution in [2.45, 2.75) is 31.3 Å². The zero-order chi connectivity index (χ0) is 17.7. The molecule has 1 heterocycles. The van der Waals surface area contributed by atoms with E-state index in [4.69, 9.17) is 10.8 Å². The monoisotopic (exact) mass is 333 g/mol. The Morgan fingerprint density at radius 2 is 2.00 bits per heavy atom. The fourth-order valence-electron chi connectivity index (χ4n) is 2.87. The first kappa shape index (κ1) is 17.9. The number of carboxylic acid groups (broad SMARTS) is 1. The predicted octanol–water partition coefficient (Wildman–Crippen LogP) is 0.726. The van der Waals surface area contributed by atoms with Crippen LogP contribution in [0.3, 0.4) is 0 Å². The van der Waals surface area contributed by atoms with Crippen molar-refractivity contribution in [3.05, 3.63) is 35.9 Å². The number of amides is 2. The highest BCUT2D eigenvalue weighted by Crippen LogP contribution is 2.19. The van der Waals surface area contributed by atoms with Gasteiger partial charge in [0.15, 0.2) is 5.78 Å². The Bertz CT molecular complexity index is 605. The molecule has 130 valence electrons. The summed E-state index contributed by atoms with van der Waals surface area (Å²) in [6.45, 7) is 0.264. The summed E-state index contributed by atoms with van der Waals surface area (Å²) in [6.07, 6.45) is 1.50. The van der Waals surface area contributed by atoms with Crippen LogP contribution in [0.15, 0.2) is 30.3 Å². The maximum absolute atomic E-state index is 12.4. The van der Waals surface area contributed by atoms with E-state index in [-0.39, 0.29) is 12.3 Å². The number of Topliss-reactive ketones (excluding diaryl/α,β-unsaturated/α-hetero) is 1. The molecule has 2 rings (SSSR count). The summed E-state index contributed by atoms with van der Waals surface area (Å²) < 4.78 is 0. The molecule has 2 amide bonds. The van der Waals surface area contributed by atoms with Gasteiger partial charge in [0.25, 0.3) is 0 Å². The molecule has 1 aliphatic heterocycles. The second-order valence-electron chi connectivity index (χ2n) is 6.09. The zero-order valence-corrected chi connectivity index (χ0v) is 13.7. The van der Waals surface area contributed by atoms with Crippen LogP contribution in [0, 0.1) is 0 Å². The minimum Gasteiger partial charge on any atom is -0.480 e. The zero-order valence-electron chi connectivity index (χ0n) is 13.7. The van der Waals surface area contributed by atoms with Gasteiger partial charge in [0.2, 0.25) is 0 Å². The van der Waals surface area contributed by atoms with Crippen LogP contribution in [0.1, 0.15) is 18.4 Å². The van der Waals surface area contributed by atoms with Gasteiger partial charge < -0.3 is 20.6 Å². The van der Waals surface area contributed by atoms with Gasteiger partial charge in [-0.15, -0.1) is 0 Å². The van der Waals surface area contributed by atoms with Gasteiger partial charge >= 0.3 is 12.0 Å². The summed E-state index contributed by atoms with van der Waals surface area (Å²) in [5.41, 5.74) is 6.89. The lowest BCUT2D eigenvalue weighted by Gasteiger charge is -2.27. The molecule has 0 aliphatic carbocycles. The first-order valence-corrected chi connectivity index (χ1v) is 7.97. The van der Waals surface area contributed by atoms with Crippen molar-refractivity contribution in [3.8, 4) is 0 Å². The maximum Gasteiger partial charge on any atom is 0.326 e. The molecule has 1 aromatic rings. The predicted molar refractivity (Wildman–Crippen MR) is 88.5 cm³/mol. The van der Waals surface area contributed by atoms with Crippen LogP contribution in [0.4, 0.5) is 4.79 Å². The van der Waals surface area contributed by atoms with Crippen molar-refractivity contribution in [3.63, 3.8) is 0 Å². The summed E-state index contributed by atoms with van der Waals surface area (Å²) in [6, 6.07) is 7.47. The van der Waals surface area contributed by atoms with E-state index in [0.29, 0.717) is 25.8 Å². The number of aliphatic carboxylic acids is 1. The molecule has 0 aromatic heterocycles. The number of hydrogen-bond acceptors (Lipinski definition) is 4. The van der Waals surface area contributed by atoms with Crippen molar-refractivity contribution in [2.24, 2.45) is 5.73 Å². The van der Waals surface area contributed by atoms with Gasteiger partial charge in [-0.25, -0.2) is 9.59 Å². The lowest BCUT2D eigenvalue weighted by atomic mass is 10.0. The molecule has 24 heavy (non-hydrogen) atoms. The topological polar surface area (TPSA) is 104 Å². The van der Waals surface area contributed by atoms with E-state index < -0.39 is 24.1 Å². The van der Waals surface area contributed by atoms with Crippen LogP contribution in [-0.2, 0) is 16.0 Å². The number of nitrogens with two attached hydrogens (primary N) is 1. The van der Waals surface area contributed by atoms with Gasteiger partial charge in [0, 0.05) is 13.6 Å². The number of likely N-dealkylation sites (tertiary alicyclic amines) is 1. The fourth-order valence-corrected chi connectivity index (χ4v) is 2.87. The van der Waals surface area contributed by atoms with Crippen molar-refractivity contribution in [2.75, 3.05) is 20.1 Å². The summed E-state index contributed by atoms with van der Waals surface area (Å²) in [4.78, 5) is 38.3. The molecule has 1 saturated heterocycles. The molecule has 1 aromatic carbocycles. The van der Waals surface area contributed by atoms with Crippen LogP contribution in [-0.4, -0.2) is 64.9 Å². The van der Waals surface area contributed by atoms with Crippen LogP contribution in [0.5, 0.6) is 0 Å². The molecule has 0 bridgehead atoms. The largest absolute Gasteiger partial charge is 0.480 e. The summed E-state index contributed by atoms with van der Waals surface area (Å²) >= 11 is 0. The van der Waals surface area contributed by atoms with E-state index in [2.05, 4.69) is 0 Å². The first-order valence-electron chi connectivity index (χ1n) is 7.97. The van der Waals surface area contributed by atoms with E-state index in [9.17, 15) is 14.4 Å². The number of nitrogens with zero attached hydrogens (tertiary/aromatic N) is 2. The van der Waals surface area contributed by atoms with Gasteiger partial charge in [-0.3, -0.25) is 4.79 Å². The third-order valence-corrected chi connectivity index (χ3v) is 4.22. The fraction of sp³-hybridized carbons (Fsp3) is 0.471. The molecular formula is C17H23N3O4. The number of carbonyl (C=O) groups is 3. The molecule has 1 fully saturated rings. The number of ketones is 1. The minimum absolute atomic E-state index is 0.129. The standard InChI is InChI=1S/C17H23N3O4/c1-19(17(24)20-9-5-8-14(20)16(22)23)11-15(21)13(18)10-12-6-3-2-4-7-12/h2-4,6-7,13-14H,5,8-11,18H2,1H3,(H,22,23)/t13?,14-/m0/s1. The van der Waals surface area contributed by atoms with Crippen LogP contribution >= 0.6 is 0 Å². The highest BCUT2D eigenvalue weighted by atomic mass is 16.4. The molecular weight excluding hydrogens is 310 g/mol. The molecule has 1 unspecified atom stereocenters. The average Bonchev–Trinajstić information content (AvgIpc) is 3.04. The second-order valence-corrected chi connectivity index (χ2v) is 6.09. The molecule has 7 heteroatoms. The Labute approximate surface area is 141 Å². The minimum atomic E-state index is -1.01. The molecule has 1 aliphatic rings. The van der Waals surface area contributed by atoms with Crippen LogP contribution in [0.25, 0.3) is 0 Å². The van der Waals surface area contributed by atoms with Crippen molar-refractivity contribution >= 4 is 17.8 Å². The van der Waals surface area contributed by atoms with E-state index >= 15 is 0 Å². The van der Waals surface area contributed by atoms with Gasteiger partial charge in [-0.1, -0.05) is 30.3 Å². The van der Waals surface area contributed by atoms with Crippen molar-refractivity contribution in [1.29, 1.82) is 0 Å². The Morgan fingerprint density at radius 1 is 1.33 bits per heavy atom. The normalized spacial score (nSPS) is 18.2. The third-order valence-electron chi connectivity index (χ3n) is 4.22. The van der Waals surface area contributed by atoms with Crippen molar-refractivity contribution in [1.82, 2.24) is 9.80 Å². The number of benzene rings is 1. The SMILES string of the molecule is CN(CC(=O)C(N)Cc1ccccc1)C(=O)N1CCC[C@H]1C(=O)O. The van der Waals surface area contributed by atoms with Gasteiger partial charge in [-0.2, -0.15) is 0 Å². The van der Waals surface area contributed by atoms with Gasteiger partial charge in [-0.05, 0) is 24.8 Å². The molecule has 2 atom stereocenters. The van der Waals surface area contributed by atoms with E-state index in [1.807, 2.05) is 30.3 Å².